The van der Waals surface area contributed by atoms with Crippen molar-refractivity contribution in [1.29, 1.82) is 0 Å². The molecule has 0 bridgehead atoms. The van der Waals surface area contributed by atoms with Crippen LogP contribution in [0, 0.1) is 0 Å². The first-order chi connectivity index (χ1) is 7.61. The zero-order chi connectivity index (χ0) is 12.0. The fourth-order valence-corrected chi connectivity index (χ4v) is 1.70. The molecule has 0 heterocycles. The van der Waals surface area contributed by atoms with E-state index in [9.17, 15) is 13.9 Å². The topological polar surface area (TPSA) is 23.5 Å². The molecule has 90 valence electrons. The number of hydrogen-bond acceptors (Lipinski definition) is 2. The Hall–Kier alpha value is -0.870. The number of phenolic OH excluding ortho intramolecular Hbond substituents is 1. The predicted octanol–water partition coefficient (Wildman–Crippen LogP) is 2.70. The predicted molar refractivity (Wildman–Crippen MR) is 60.1 cm³/mol. The van der Waals surface area contributed by atoms with Gasteiger partial charge in [0.25, 0.3) is 6.43 Å². The highest BCUT2D eigenvalue weighted by atomic mass is 35.5. The Labute approximate surface area is 98.4 Å². The van der Waals surface area contributed by atoms with Gasteiger partial charge in [0.1, 0.15) is 5.75 Å². The zero-order valence-electron chi connectivity index (χ0n) is 8.74. The lowest BCUT2D eigenvalue weighted by Crippen LogP contribution is -2.30. The van der Waals surface area contributed by atoms with Crippen molar-refractivity contribution in [1.82, 2.24) is 4.90 Å². The number of hydrogen-bond donors (Lipinski definition) is 1. The molecule has 0 atom stereocenters. The zero-order valence-corrected chi connectivity index (χ0v) is 9.50. The summed E-state index contributed by atoms with van der Waals surface area (Å²) >= 11 is 5.54. The van der Waals surface area contributed by atoms with Crippen LogP contribution in [-0.2, 0) is 6.54 Å². The van der Waals surface area contributed by atoms with Gasteiger partial charge in [-0.15, -0.1) is 11.6 Å². The molecule has 0 saturated carbocycles. The lowest BCUT2D eigenvalue weighted by Gasteiger charge is -2.20. The summed E-state index contributed by atoms with van der Waals surface area (Å²) in [6.45, 7) is 0.468. The minimum Gasteiger partial charge on any atom is -0.508 e. The summed E-state index contributed by atoms with van der Waals surface area (Å²) in [6.07, 6.45) is -2.37. The Morgan fingerprint density at radius 2 is 2.12 bits per heavy atom. The summed E-state index contributed by atoms with van der Waals surface area (Å²) < 4.78 is 24.5. The molecule has 0 spiro atoms. The van der Waals surface area contributed by atoms with E-state index in [4.69, 9.17) is 11.6 Å². The van der Waals surface area contributed by atoms with Crippen LogP contribution >= 0.6 is 11.6 Å². The van der Waals surface area contributed by atoms with Crippen molar-refractivity contribution in [2.75, 3.05) is 19.0 Å². The van der Waals surface area contributed by atoms with Gasteiger partial charge in [-0.3, -0.25) is 4.90 Å². The van der Waals surface area contributed by atoms with Crippen LogP contribution in [0.2, 0.25) is 0 Å². The van der Waals surface area contributed by atoms with Crippen molar-refractivity contribution < 1.29 is 13.9 Å². The first-order valence-corrected chi connectivity index (χ1v) is 5.49. The van der Waals surface area contributed by atoms with Crippen molar-refractivity contribution in [2.45, 2.75) is 13.0 Å². The summed E-state index contributed by atoms with van der Waals surface area (Å²) in [5, 5.41) is 9.25. The maximum atomic E-state index is 12.3. The second-order valence-corrected chi connectivity index (χ2v) is 3.86. The summed E-state index contributed by atoms with van der Waals surface area (Å²) in [7, 11) is 0. The molecule has 16 heavy (non-hydrogen) atoms. The van der Waals surface area contributed by atoms with E-state index in [2.05, 4.69) is 0 Å². The van der Waals surface area contributed by atoms with Crippen LogP contribution in [0.4, 0.5) is 8.78 Å². The van der Waals surface area contributed by atoms with Crippen LogP contribution in [0.3, 0.4) is 0 Å². The SMILES string of the molecule is Oc1cccc(CN(CCCl)CC(F)F)c1. The normalized spacial score (nSPS) is 11.3. The van der Waals surface area contributed by atoms with E-state index in [0.717, 1.165) is 5.56 Å². The molecule has 5 heteroatoms. The Kier molecular flexibility index (Phi) is 5.49. The molecule has 1 aromatic rings. The average Bonchev–Trinajstić information content (AvgIpc) is 2.16. The molecule has 0 saturated heterocycles. The van der Waals surface area contributed by atoms with Crippen molar-refractivity contribution in [3.63, 3.8) is 0 Å². The minimum absolute atomic E-state index is 0.139. The van der Waals surface area contributed by atoms with Gasteiger partial charge in [-0.2, -0.15) is 0 Å². The van der Waals surface area contributed by atoms with Gasteiger partial charge < -0.3 is 5.11 Å². The summed E-state index contributed by atoms with van der Waals surface area (Å²) in [6, 6.07) is 6.58. The van der Waals surface area contributed by atoms with Crippen LogP contribution in [0.25, 0.3) is 0 Å². The fraction of sp³-hybridized carbons (Fsp3) is 0.455. The molecule has 2 nitrogen and oxygen atoms in total. The van der Waals surface area contributed by atoms with Gasteiger partial charge in [-0.05, 0) is 17.7 Å². The van der Waals surface area contributed by atoms with Gasteiger partial charge in [-0.1, -0.05) is 12.1 Å². The van der Waals surface area contributed by atoms with Gasteiger partial charge in [0.05, 0.1) is 6.54 Å². The van der Waals surface area contributed by atoms with Crippen LogP contribution in [0.1, 0.15) is 5.56 Å². The highest BCUT2D eigenvalue weighted by Crippen LogP contribution is 2.13. The van der Waals surface area contributed by atoms with Gasteiger partial charge in [0.2, 0.25) is 0 Å². The lowest BCUT2D eigenvalue weighted by molar-refractivity contribution is 0.0878. The Balaban J connectivity index is 2.60. The van der Waals surface area contributed by atoms with Crippen LogP contribution in [-0.4, -0.2) is 35.4 Å². The van der Waals surface area contributed by atoms with Gasteiger partial charge in [0, 0.05) is 19.0 Å². The van der Waals surface area contributed by atoms with E-state index < -0.39 is 6.43 Å². The third kappa shape index (κ3) is 4.77. The third-order valence-corrected chi connectivity index (χ3v) is 2.28. The molecular weight excluding hydrogens is 236 g/mol. The molecule has 0 unspecified atom stereocenters. The molecule has 0 amide bonds. The fourth-order valence-electron chi connectivity index (χ4n) is 1.46. The molecule has 1 aromatic carbocycles. The van der Waals surface area contributed by atoms with Crippen LogP contribution in [0.5, 0.6) is 5.75 Å². The molecule has 0 aliphatic carbocycles. The second kappa shape index (κ2) is 6.66. The van der Waals surface area contributed by atoms with Crippen LogP contribution < -0.4 is 0 Å². The maximum Gasteiger partial charge on any atom is 0.251 e. The molecule has 0 aliphatic rings. The highest BCUT2D eigenvalue weighted by molar-refractivity contribution is 6.18. The number of halogens is 3. The summed E-state index contributed by atoms with van der Waals surface area (Å²) in [5.74, 6) is 0.450. The van der Waals surface area contributed by atoms with Gasteiger partial charge in [-0.25, -0.2) is 8.78 Å². The average molecular weight is 250 g/mol. The molecular formula is C11H14ClF2NO. The van der Waals surface area contributed by atoms with E-state index in [1.807, 2.05) is 0 Å². The van der Waals surface area contributed by atoms with Gasteiger partial charge in [0.15, 0.2) is 0 Å². The number of benzene rings is 1. The Morgan fingerprint density at radius 1 is 1.38 bits per heavy atom. The molecule has 0 aliphatic heterocycles. The molecule has 0 radical (unpaired) electrons. The number of alkyl halides is 3. The lowest BCUT2D eigenvalue weighted by atomic mass is 10.2. The number of rotatable bonds is 6. The summed E-state index contributed by atoms with van der Waals surface area (Å²) in [4.78, 5) is 1.56. The number of phenols is 1. The monoisotopic (exact) mass is 249 g/mol. The van der Waals surface area contributed by atoms with Crippen molar-refractivity contribution in [3.05, 3.63) is 29.8 Å². The Morgan fingerprint density at radius 3 is 2.69 bits per heavy atom. The van der Waals surface area contributed by atoms with Crippen LogP contribution in [0.15, 0.2) is 24.3 Å². The summed E-state index contributed by atoms with van der Waals surface area (Å²) in [5.41, 5.74) is 0.797. The molecule has 0 fully saturated rings. The first kappa shape index (κ1) is 13.2. The van der Waals surface area contributed by atoms with Crippen molar-refractivity contribution >= 4 is 11.6 Å². The molecule has 0 aromatic heterocycles. The first-order valence-electron chi connectivity index (χ1n) is 4.96. The van der Waals surface area contributed by atoms with E-state index in [0.29, 0.717) is 19.0 Å². The van der Waals surface area contributed by atoms with Crippen molar-refractivity contribution in [3.8, 4) is 5.75 Å². The van der Waals surface area contributed by atoms with Crippen molar-refractivity contribution in [2.24, 2.45) is 0 Å². The third-order valence-electron chi connectivity index (χ3n) is 2.11. The van der Waals surface area contributed by atoms with E-state index >= 15 is 0 Å². The van der Waals surface area contributed by atoms with E-state index in [-0.39, 0.29) is 12.3 Å². The Bertz CT molecular complexity index is 323. The van der Waals surface area contributed by atoms with Gasteiger partial charge >= 0.3 is 0 Å². The standard InChI is InChI=1S/C11H14ClF2NO/c12-4-5-15(8-11(13)14)7-9-2-1-3-10(16)6-9/h1-3,6,11,16H,4-5,7-8H2. The highest BCUT2D eigenvalue weighted by Gasteiger charge is 2.12. The van der Waals surface area contributed by atoms with E-state index in [1.165, 1.54) is 0 Å². The molecule has 1 rings (SSSR count). The van der Waals surface area contributed by atoms with E-state index in [1.54, 1.807) is 29.2 Å². The largest absolute Gasteiger partial charge is 0.508 e. The quantitative estimate of drug-likeness (QED) is 0.784. The second-order valence-electron chi connectivity index (χ2n) is 3.49. The number of aromatic hydroxyl groups is 1. The smallest absolute Gasteiger partial charge is 0.251 e. The maximum absolute atomic E-state index is 12.3. The minimum atomic E-state index is -2.37. The molecule has 1 N–H and O–H groups in total. The number of nitrogens with zero attached hydrogens (tertiary/aromatic N) is 1.